The van der Waals surface area contributed by atoms with Gasteiger partial charge in [-0.3, -0.25) is 9.59 Å². The quantitative estimate of drug-likeness (QED) is 0.812. The summed E-state index contributed by atoms with van der Waals surface area (Å²) in [6.07, 6.45) is 3.77. The molecule has 0 radical (unpaired) electrons. The van der Waals surface area contributed by atoms with E-state index in [2.05, 4.69) is 22.9 Å². The summed E-state index contributed by atoms with van der Waals surface area (Å²) in [5, 5.41) is 3.07. The molecule has 28 heavy (non-hydrogen) atoms. The lowest BCUT2D eigenvalue weighted by atomic mass is 10.1. The Labute approximate surface area is 165 Å². The number of carbonyl (C=O) groups is 2. The molecule has 2 aromatic carbocycles. The number of nitrogens with zero attached hydrogens (tertiary/aromatic N) is 2. The maximum atomic E-state index is 12.7. The summed E-state index contributed by atoms with van der Waals surface area (Å²) < 4.78 is 0. The van der Waals surface area contributed by atoms with Gasteiger partial charge >= 0.3 is 0 Å². The van der Waals surface area contributed by atoms with E-state index < -0.39 is 0 Å². The van der Waals surface area contributed by atoms with Crippen LogP contribution in [0, 0.1) is 0 Å². The van der Waals surface area contributed by atoms with Crippen LogP contribution in [0.15, 0.2) is 61.2 Å². The molecule has 2 aliphatic rings. The molecule has 1 saturated carbocycles. The van der Waals surface area contributed by atoms with E-state index in [1.807, 2.05) is 47.4 Å². The predicted octanol–water partition coefficient (Wildman–Crippen LogP) is 3.65. The number of benzene rings is 2. The van der Waals surface area contributed by atoms with E-state index in [4.69, 9.17) is 0 Å². The van der Waals surface area contributed by atoms with Crippen LogP contribution in [0.4, 0.5) is 11.4 Å². The molecule has 5 nitrogen and oxygen atoms in total. The van der Waals surface area contributed by atoms with Gasteiger partial charge in [0.25, 0.3) is 5.91 Å². The van der Waals surface area contributed by atoms with Crippen LogP contribution < -0.4 is 10.2 Å². The lowest BCUT2D eigenvalue weighted by Gasteiger charge is -2.35. The van der Waals surface area contributed by atoms with Gasteiger partial charge < -0.3 is 15.1 Å². The number of carbonyl (C=O) groups excluding carboxylic acids is 2. The van der Waals surface area contributed by atoms with Gasteiger partial charge in [-0.25, -0.2) is 0 Å². The van der Waals surface area contributed by atoms with Gasteiger partial charge in [0.1, 0.15) is 0 Å². The largest absolute Gasteiger partial charge is 0.368 e. The maximum Gasteiger partial charge on any atom is 0.255 e. The van der Waals surface area contributed by atoms with E-state index in [1.54, 1.807) is 0 Å². The molecule has 2 aromatic rings. The lowest BCUT2D eigenvalue weighted by Crippen LogP contribution is -2.48. The van der Waals surface area contributed by atoms with Crippen molar-refractivity contribution in [3.05, 3.63) is 72.3 Å². The van der Waals surface area contributed by atoms with Crippen LogP contribution in [0.25, 0.3) is 0 Å². The highest BCUT2D eigenvalue weighted by Gasteiger charge is 2.26. The molecular weight excluding hydrogens is 350 g/mol. The van der Waals surface area contributed by atoms with Crippen LogP contribution in [0.1, 0.15) is 34.7 Å². The first-order chi connectivity index (χ1) is 13.7. The summed E-state index contributed by atoms with van der Waals surface area (Å²) in [5.41, 5.74) is 3.87. The van der Waals surface area contributed by atoms with Crippen molar-refractivity contribution in [3.8, 4) is 0 Å². The molecule has 0 unspecified atom stereocenters. The zero-order chi connectivity index (χ0) is 19.5. The molecule has 2 amide bonds. The van der Waals surface area contributed by atoms with Gasteiger partial charge in [0, 0.05) is 43.1 Å². The molecule has 1 aliphatic carbocycles. The Morgan fingerprint density at radius 2 is 1.64 bits per heavy atom. The predicted molar refractivity (Wildman–Crippen MR) is 112 cm³/mol. The molecule has 0 aromatic heterocycles. The number of piperazine rings is 1. The van der Waals surface area contributed by atoms with Gasteiger partial charge in [-0.05, 0) is 60.7 Å². The van der Waals surface area contributed by atoms with Gasteiger partial charge in [-0.1, -0.05) is 24.8 Å². The average Bonchev–Trinajstić information content (AvgIpc) is 3.59. The van der Waals surface area contributed by atoms with Crippen LogP contribution in [0.2, 0.25) is 0 Å². The molecule has 1 aliphatic heterocycles. The molecule has 2 fully saturated rings. The summed E-state index contributed by atoms with van der Waals surface area (Å²) in [6, 6.07) is 15.8. The first kappa shape index (κ1) is 18.3. The number of rotatable bonds is 5. The minimum atomic E-state index is -0.0824. The molecule has 1 saturated heterocycles. The Balaban J connectivity index is 1.39. The second kappa shape index (κ2) is 7.89. The van der Waals surface area contributed by atoms with Crippen molar-refractivity contribution < 1.29 is 9.59 Å². The molecule has 0 atom stereocenters. The van der Waals surface area contributed by atoms with Gasteiger partial charge in [-0.2, -0.15) is 0 Å². The Bertz CT molecular complexity index is 879. The second-order valence-electron chi connectivity index (χ2n) is 7.38. The fraction of sp³-hybridized carbons (Fsp3) is 0.304. The van der Waals surface area contributed by atoms with E-state index in [9.17, 15) is 9.59 Å². The van der Waals surface area contributed by atoms with Crippen molar-refractivity contribution in [1.82, 2.24) is 4.90 Å². The zero-order valence-corrected chi connectivity index (χ0v) is 15.9. The topological polar surface area (TPSA) is 52.7 Å². The molecule has 1 heterocycles. The second-order valence-corrected chi connectivity index (χ2v) is 7.38. The summed E-state index contributed by atoms with van der Waals surface area (Å²) >= 11 is 0. The molecule has 0 bridgehead atoms. The van der Waals surface area contributed by atoms with Crippen molar-refractivity contribution in [2.45, 2.75) is 18.8 Å². The van der Waals surface area contributed by atoms with E-state index in [0.717, 1.165) is 24.5 Å². The number of para-hydroxylation sites is 1. The SMILES string of the molecule is C=CC(=O)N1CCN(c2ccc(C(=O)Nc3ccccc3C3CC3)cc2)CC1. The fourth-order valence-corrected chi connectivity index (χ4v) is 3.69. The van der Waals surface area contributed by atoms with E-state index in [0.29, 0.717) is 24.6 Å². The third-order valence-corrected chi connectivity index (χ3v) is 5.49. The van der Waals surface area contributed by atoms with Crippen molar-refractivity contribution in [2.24, 2.45) is 0 Å². The molecule has 0 spiro atoms. The van der Waals surface area contributed by atoms with Crippen molar-refractivity contribution >= 4 is 23.2 Å². The van der Waals surface area contributed by atoms with Crippen molar-refractivity contribution in [1.29, 1.82) is 0 Å². The summed E-state index contributed by atoms with van der Waals surface area (Å²) in [6.45, 7) is 6.47. The smallest absolute Gasteiger partial charge is 0.255 e. The van der Waals surface area contributed by atoms with Crippen LogP contribution in [0.5, 0.6) is 0 Å². The average molecular weight is 375 g/mol. The van der Waals surface area contributed by atoms with E-state index >= 15 is 0 Å². The van der Waals surface area contributed by atoms with Crippen LogP contribution in [0.3, 0.4) is 0 Å². The van der Waals surface area contributed by atoms with Crippen molar-refractivity contribution in [2.75, 3.05) is 36.4 Å². The van der Waals surface area contributed by atoms with Gasteiger partial charge in [0.2, 0.25) is 5.91 Å². The van der Waals surface area contributed by atoms with Crippen molar-refractivity contribution in [3.63, 3.8) is 0 Å². The molecule has 4 rings (SSSR count). The first-order valence-electron chi connectivity index (χ1n) is 9.82. The fourth-order valence-electron chi connectivity index (χ4n) is 3.69. The number of nitrogens with one attached hydrogen (secondary N) is 1. The monoisotopic (exact) mass is 375 g/mol. The first-order valence-corrected chi connectivity index (χ1v) is 9.82. The number of hydrogen-bond acceptors (Lipinski definition) is 3. The van der Waals surface area contributed by atoms with Gasteiger partial charge in [0.15, 0.2) is 0 Å². The Hall–Kier alpha value is -3.08. The third kappa shape index (κ3) is 3.93. The molecule has 5 heteroatoms. The third-order valence-electron chi connectivity index (χ3n) is 5.49. The van der Waals surface area contributed by atoms with Gasteiger partial charge in [0.05, 0.1) is 0 Å². The minimum Gasteiger partial charge on any atom is -0.368 e. The van der Waals surface area contributed by atoms with Crippen LogP contribution in [-0.4, -0.2) is 42.9 Å². The normalized spacial score (nSPS) is 16.6. The van der Waals surface area contributed by atoms with E-state index in [1.165, 1.54) is 24.5 Å². The number of anilines is 2. The highest BCUT2D eigenvalue weighted by atomic mass is 16.2. The zero-order valence-electron chi connectivity index (χ0n) is 15.9. The summed E-state index contributed by atoms with van der Waals surface area (Å²) in [4.78, 5) is 28.4. The van der Waals surface area contributed by atoms with E-state index in [-0.39, 0.29) is 11.8 Å². The number of hydrogen-bond donors (Lipinski definition) is 1. The van der Waals surface area contributed by atoms with Crippen LogP contribution >= 0.6 is 0 Å². The maximum absolute atomic E-state index is 12.7. The highest BCUT2D eigenvalue weighted by molar-refractivity contribution is 6.04. The summed E-state index contributed by atoms with van der Waals surface area (Å²) in [5.74, 6) is 0.490. The number of amides is 2. The van der Waals surface area contributed by atoms with Gasteiger partial charge in [-0.15, -0.1) is 0 Å². The molecular formula is C23H25N3O2. The summed E-state index contributed by atoms with van der Waals surface area (Å²) in [7, 11) is 0. The minimum absolute atomic E-state index is 0.0156. The highest BCUT2D eigenvalue weighted by Crippen LogP contribution is 2.43. The lowest BCUT2D eigenvalue weighted by molar-refractivity contribution is -0.126. The Morgan fingerprint density at radius 1 is 0.964 bits per heavy atom. The Kier molecular flexibility index (Phi) is 5.15. The standard InChI is InChI=1S/C23H25N3O2/c1-2-22(27)26-15-13-25(14-16-26)19-11-9-18(10-12-19)23(28)24-21-6-4-3-5-20(21)17-7-8-17/h2-6,9-12,17H,1,7-8,13-16H2,(H,24,28). The molecule has 144 valence electrons. The molecule has 1 N–H and O–H groups in total. The Morgan fingerprint density at radius 3 is 2.29 bits per heavy atom. The van der Waals surface area contributed by atoms with Crippen LogP contribution in [-0.2, 0) is 4.79 Å².